The molecule has 33 heavy (non-hydrogen) atoms. The number of fused-ring (bicyclic) bond motifs is 3. The van der Waals surface area contributed by atoms with E-state index in [9.17, 15) is 18.0 Å². The van der Waals surface area contributed by atoms with E-state index in [1.807, 2.05) is 23.7 Å². The van der Waals surface area contributed by atoms with Gasteiger partial charge in [-0.25, -0.2) is 14.5 Å². The zero-order valence-corrected chi connectivity index (χ0v) is 18.7. The average molecular weight is 458 g/mol. The molecule has 0 radical (unpaired) electrons. The summed E-state index contributed by atoms with van der Waals surface area (Å²) in [6.45, 7) is 7.55. The molecule has 0 saturated carbocycles. The number of hydrogen-bond acceptors (Lipinski definition) is 5. The van der Waals surface area contributed by atoms with Crippen molar-refractivity contribution in [2.24, 2.45) is 0 Å². The molecule has 0 spiro atoms. The van der Waals surface area contributed by atoms with Crippen LogP contribution in [0.3, 0.4) is 0 Å². The summed E-state index contributed by atoms with van der Waals surface area (Å²) in [6, 6.07) is 2.91. The lowest BCUT2D eigenvalue weighted by Gasteiger charge is -2.31. The molecule has 0 bridgehead atoms. The van der Waals surface area contributed by atoms with Crippen molar-refractivity contribution in [2.45, 2.75) is 51.1 Å². The van der Waals surface area contributed by atoms with Gasteiger partial charge in [-0.15, -0.1) is 0 Å². The number of nitrogens with one attached hydrogen (secondary N) is 1. The SMILES string of the molecule is Cc1cc2ncc3c(n2n1)C(C)(C)CC3CNc1cnc(C(=O)N2CCC2)c(C(F)(F)F)c1. The molecule has 10 heteroatoms. The quantitative estimate of drug-likeness (QED) is 0.635. The predicted molar refractivity (Wildman–Crippen MR) is 116 cm³/mol. The molecule has 1 fully saturated rings. The van der Waals surface area contributed by atoms with Crippen molar-refractivity contribution >= 4 is 17.2 Å². The van der Waals surface area contributed by atoms with Crippen LogP contribution in [0.5, 0.6) is 0 Å². The van der Waals surface area contributed by atoms with Crippen molar-refractivity contribution < 1.29 is 18.0 Å². The van der Waals surface area contributed by atoms with Gasteiger partial charge in [0.05, 0.1) is 28.8 Å². The molecule has 174 valence electrons. The third-order valence-corrected chi connectivity index (χ3v) is 6.56. The fourth-order valence-corrected chi connectivity index (χ4v) is 4.90. The third kappa shape index (κ3) is 3.71. The Morgan fingerprint density at radius 3 is 2.64 bits per heavy atom. The van der Waals surface area contributed by atoms with Crippen molar-refractivity contribution in [1.29, 1.82) is 0 Å². The van der Waals surface area contributed by atoms with Gasteiger partial charge in [-0.1, -0.05) is 13.8 Å². The van der Waals surface area contributed by atoms with Gasteiger partial charge in [0, 0.05) is 43.2 Å². The maximum atomic E-state index is 13.7. The van der Waals surface area contributed by atoms with Crippen LogP contribution in [0.4, 0.5) is 18.9 Å². The van der Waals surface area contributed by atoms with Gasteiger partial charge in [0.2, 0.25) is 0 Å². The Bertz CT molecular complexity index is 1240. The summed E-state index contributed by atoms with van der Waals surface area (Å²) in [5.41, 5.74) is 2.31. The molecule has 1 aliphatic carbocycles. The van der Waals surface area contributed by atoms with E-state index < -0.39 is 23.3 Å². The molecular weight excluding hydrogens is 433 g/mol. The van der Waals surface area contributed by atoms with Crippen LogP contribution in [-0.4, -0.2) is 50.0 Å². The minimum absolute atomic E-state index is 0.0492. The van der Waals surface area contributed by atoms with E-state index in [1.54, 1.807) is 0 Å². The van der Waals surface area contributed by atoms with E-state index in [4.69, 9.17) is 0 Å². The van der Waals surface area contributed by atoms with Gasteiger partial charge in [-0.3, -0.25) is 4.79 Å². The number of aromatic nitrogens is 4. The number of alkyl halides is 3. The molecule has 2 aliphatic rings. The molecule has 1 unspecified atom stereocenters. The summed E-state index contributed by atoms with van der Waals surface area (Å²) in [4.78, 5) is 22.2. The normalized spacial score (nSPS) is 19.5. The van der Waals surface area contributed by atoms with Crippen molar-refractivity contribution in [3.63, 3.8) is 0 Å². The molecule has 1 amide bonds. The summed E-state index contributed by atoms with van der Waals surface area (Å²) < 4.78 is 43.0. The van der Waals surface area contributed by atoms with E-state index in [0.29, 0.717) is 19.6 Å². The molecule has 1 saturated heterocycles. The van der Waals surface area contributed by atoms with Crippen LogP contribution in [0.25, 0.3) is 5.65 Å². The Kier molecular flexibility index (Phi) is 4.88. The van der Waals surface area contributed by atoms with E-state index in [-0.39, 0.29) is 17.0 Å². The largest absolute Gasteiger partial charge is 0.418 e. The molecule has 1 N–H and O–H groups in total. The number of amides is 1. The van der Waals surface area contributed by atoms with E-state index in [1.165, 1.54) is 11.1 Å². The van der Waals surface area contributed by atoms with Crippen molar-refractivity contribution in [2.75, 3.05) is 25.0 Å². The van der Waals surface area contributed by atoms with Gasteiger partial charge < -0.3 is 10.2 Å². The van der Waals surface area contributed by atoms with Gasteiger partial charge in [-0.05, 0) is 31.4 Å². The minimum atomic E-state index is -4.67. The lowest BCUT2D eigenvalue weighted by Crippen LogP contribution is -2.43. The topological polar surface area (TPSA) is 75.4 Å². The van der Waals surface area contributed by atoms with E-state index in [2.05, 4.69) is 34.2 Å². The van der Waals surface area contributed by atoms with Crippen LogP contribution < -0.4 is 5.32 Å². The van der Waals surface area contributed by atoms with Crippen LogP contribution in [0.1, 0.15) is 65.6 Å². The first-order chi connectivity index (χ1) is 15.5. The number of rotatable bonds is 4. The number of likely N-dealkylation sites (tertiary alicyclic amines) is 1. The highest BCUT2D eigenvalue weighted by Gasteiger charge is 2.41. The minimum Gasteiger partial charge on any atom is -0.383 e. The fourth-order valence-electron chi connectivity index (χ4n) is 4.90. The van der Waals surface area contributed by atoms with Crippen LogP contribution in [0.15, 0.2) is 24.5 Å². The monoisotopic (exact) mass is 458 g/mol. The van der Waals surface area contributed by atoms with Crippen molar-refractivity contribution in [1.82, 2.24) is 24.5 Å². The molecule has 1 atom stereocenters. The van der Waals surface area contributed by atoms with Gasteiger partial charge in [0.25, 0.3) is 5.91 Å². The van der Waals surface area contributed by atoms with Gasteiger partial charge in [0.1, 0.15) is 5.69 Å². The number of hydrogen-bond donors (Lipinski definition) is 1. The van der Waals surface area contributed by atoms with Gasteiger partial charge >= 0.3 is 6.18 Å². The number of nitrogens with zero attached hydrogens (tertiary/aromatic N) is 5. The second-order valence-corrected chi connectivity index (χ2v) is 9.55. The highest BCUT2D eigenvalue weighted by atomic mass is 19.4. The highest BCUT2D eigenvalue weighted by molar-refractivity contribution is 5.94. The molecule has 1 aliphatic heterocycles. The maximum Gasteiger partial charge on any atom is 0.418 e. The van der Waals surface area contributed by atoms with Crippen molar-refractivity contribution in [3.05, 3.63) is 52.7 Å². The summed E-state index contributed by atoms with van der Waals surface area (Å²) in [7, 11) is 0. The Hall–Kier alpha value is -3.17. The van der Waals surface area contributed by atoms with Gasteiger partial charge in [0.15, 0.2) is 5.65 Å². The highest BCUT2D eigenvalue weighted by Crippen LogP contribution is 2.45. The number of anilines is 1. The van der Waals surface area contributed by atoms with E-state index in [0.717, 1.165) is 41.5 Å². The van der Waals surface area contributed by atoms with Crippen LogP contribution in [-0.2, 0) is 11.6 Å². The lowest BCUT2D eigenvalue weighted by atomic mass is 9.89. The van der Waals surface area contributed by atoms with Crippen LogP contribution in [0, 0.1) is 6.92 Å². The van der Waals surface area contributed by atoms with Gasteiger partial charge in [-0.2, -0.15) is 18.3 Å². The Labute approximate surface area is 189 Å². The number of halogens is 3. The molecule has 3 aromatic heterocycles. The first kappa shape index (κ1) is 21.7. The number of carbonyl (C=O) groups excluding carboxylic acids is 1. The predicted octanol–water partition coefficient (Wildman–Crippen LogP) is 4.17. The molecular formula is C23H25F3N6O. The Morgan fingerprint density at radius 2 is 1.97 bits per heavy atom. The average Bonchev–Trinajstić information content (AvgIpc) is 3.19. The maximum absolute atomic E-state index is 13.7. The zero-order valence-electron chi connectivity index (χ0n) is 18.7. The fraction of sp³-hybridized carbons (Fsp3) is 0.478. The lowest BCUT2D eigenvalue weighted by molar-refractivity contribution is -0.138. The second kappa shape index (κ2) is 7.43. The van der Waals surface area contributed by atoms with E-state index >= 15 is 0 Å². The summed E-state index contributed by atoms with van der Waals surface area (Å²) >= 11 is 0. The molecule has 4 heterocycles. The summed E-state index contributed by atoms with van der Waals surface area (Å²) in [6.07, 6.45) is 0.0873. The molecule has 0 aromatic carbocycles. The number of pyridine rings is 1. The zero-order chi connectivity index (χ0) is 23.5. The Balaban J connectivity index is 1.41. The van der Waals surface area contributed by atoms with Crippen LogP contribution >= 0.6 is 0 Å². The smallest absolute Gasteiger partial charge is 0.383 e. The Morgan fingerprint density at radius 1 is 1.21 bits per heavy atom. The molecule has 3 aromatic rings. The molecule has 5 rings (SSSR count). The first-order valence-electron chi connectivity index (χ1n) is 11.0. The van der Waals surface area contributed by atoms with Crippen molar-refractivity contribution in [3.8, 4) is 0 Å². The second-order valence-electron chi connectivity index (χ2n) is 9.55. The standard InChI is InChI=1S/C23H25F3N6O/c1-13-7-18-28-12-16-14(9-22(2,3)20(16)32(18)30-13)10-27-15-8-17(23(24,25)26)19(29-11-15)21(33)31-5-4-6-31/h7-8,11-12,14,27H,4-6,9-10H2,1-3H3. The summed E-state index contributed by atoms with van der Waals surface area (Å²) in [5.74, 6) is -0.621. The first-order valence-corrected chi connectivity index (χ1v) is 11.0. The third-order valence-electron chi connectivity index (χ3n) is 6.56. The summed E-state index contributed by atoms with van der Waals surface area (Å²) in [5, 5.41) is 7.70. The number of aryl methyl sites for hydroxylation is 1. The van der Waals surface area contributed by atoms with Crippen LogP contribution in [0.2, 0.25) is 0 Å². The molecule has 7 nitrogen and oxygen atoms in total. The number of carbonyl (C=O) groups is 1.